The minimum absolute atomic E-state index is 0.225. The molecule has 0 radical (unpaired) electrons. The van der Waals surface area contributed by atoms with Crippen LogP contribution in [0.5, 0.6) is 5.75 Å². The normalized spacial score (nSPS) is 10.6. The SMILES string of the molecule is CCOc1ccccc1NC(=O)c1cccnc1SCc1c(C)noc1C. The van der Waals surface area contributed by atoms with Gasteiger partial charge in [0.2, 0.25) is 0 Å². The highest BCUT2D eigenvalue weighted by Gasteiger charge is 2.16. The lowest BCUT2D eigenvalue weighted by Gasteiger charge is -2.12. The van der Waals surface area contributed by atoms with Crippen LogP contribution in [0.25, 0.3) is 0 Å². The molecule has 0 saturated carbocycles. The van der Waals surface area contributed by atoms with Gasteiger partial charge in [0, 0.05) is 17.5 Å². The van der Waals surface area contributed by atoms with Crippen LogP contribution in [0.3, 0.4) is 0 Å². The molecule has 1 aromatic carbocycles. The van der Waals surface area contributed by atoms with Crippen LogP contribution in [0.15, 0.2) is 52.1 Å². The van der Waals surface area contributed by atoms with Crippen molar-refractivity contribution in [2.24, 2.45) is 0 Å². The van der Waals surface area contributed by atoms with Crippen molar-refractivity contribution in [1.82, 2.24) is 10.1 Å². The maximum absolute atomic E-state index is 12.8. The van der Waals surface area contributed by atoms with Crippen LogP contribution < -0.4 is 10.1 Å². The van der Waals surface area contributed by atoms with Crippen molar-refractivity contribution in [3.8, 4) is 5.75 Å². The summed E-state index contributed by atoms with van der Waals surface area (Å²) in [7, 11) is 0. The summed E-state index contributed by atoms with van der Waals surface area (Å²) in [6.07, 6.45) is 1.68. The van der Waals surface area contributed by atoms with Gasteiger partial charge in [0.05, 0.1) is 23.6 Å². The fraction of sp³-hybridized carbons (Fsp3) is 0.250. The Kier molecular flexibility index (Phi) is 6.13. The minimum Gasteiger partial charge on any atom is -0.492 e. The molecule has 3 aromatic rings. The number of para-hydroxylation sites is 2. The Morgan fingerprint density at radius 1 is 1.22 bits per heavy atom. The minimum atomic E-state index is -0.225. The Bertz CT molecular complexity index is 920. The summed E-state index contributed by atoms with van der Waals surface area (Å²) in [5.74, 6) is 1.83. The fourth-order valence-corrected chi connectivity index (χ4v) is 3.71. The third-order valence-electron chi connectivity index (χ3n) is 3.99. The average Bonchev–Trinajstić information content (AvgIpc) is 3.00. The summed E-state index contributed by atoms with van der Waals surface area (Å²) < 4.78 is 10.8. The molecule has 0 aliphatic carbocycles. The zero-order chi connectivity index (χ0) is 19.2. The molecule has 1 amide bonds. The van der Waals surface area contributed by atoms with E-state index in [0.29, 0.717) is 34.4 Å². The van der Waals surface area contributed by atoms with E-state index in [2.05, 4.69) is 15.5 Å². The van der Waals surface area contributed by atoms with Gasteiger partial charge in [-0.25, -0.2) is 4.98 Å². The standard InChI is InChI=1S/C20H21N3O3S/c1-4-25-18-10-6-5-9-17(18)22-19(24)15-8-7-11-21-20(15)27-12-16-13(2)23-26-14(16)3/h5-11H,4,12H2,1-3H3,(H,22,24). The maximum atomic E-state index is 12.8. The molecule has 0 fully saturated rings. The van der Waals surface area contributed by atoms with E-state index in [0.717, 1.165) is 17.0 Å². The second-order valence-corrected chi connectivity index (χ2v) is 6.79. The van der Waals surface area contributed by atoms with Crippen molar-refractivity contribution in [2.45, 2.75) is 31.6 Å². The van der Waals surface area contributed by atoms with Crippen LogP contribution in [0.1, 0.15) is 34.3 Å². The summed E-state index contributed by atoms with van der Waals surface area (Å²) >= 11 is 1.48. The zero-order valence-corrected chi connectivity index (χ0v) is 16.3. The number of thioether (sulfide) groups is 1. The predicted molar refractivity (Wildman–Crippen MR) is 105 cm³/mol. The first-order valence-electron chi connectivity index (χ1n) is 8.63. The molecule has 140 valence electrons. The number of nitrogens with one attached hydrogen (secondary N) is 1. The molecule has 0 bridgehead atoms. The molecule has 27 heavy (non-hydrogen) atoms. The summed E-state index contributed by atoms with van der Waals surface area (Å²) in [5, 5.41) is 7.54. The van der Waals surface area contributed by atoms with Gasteiger partial charge in [-0.05, 0) is 45.0 Å². The van der Waals surface area contributed by atoms with E-state index in [4.69, 9.17) is 9.26 Å². The van der Waals surface area contributed by atoms with E-state index in [1.54, 1.807) is 18.3 Å². The van der Waals surface area contributed by atoms with Crippen LogP contribution in [0.2, 0.25) is 0 Å². The third-order valence-corrected chi connectivity index (χ3v) is 5.02. The number of anilines is 1. The third kappa shape index (κ3) is 4.49. The number of benzene rings is 1. The Hall–Kier alpha value is -2.80. The molecular formula is C20H21N3O3S. The van der Waals surface area contributed by atoms with Crippen molar-refractivity contribution in [1.29, 1.82) is 0 Å². The summed E-state index contributed by atoms with van der Waals surface area (Å²) in [6, 6.07) is 10.9. The number of pyridine rings is 1. The number of ether oxygens (including phenoxy) is 1. The second-order valence-electron chi connectivity index (χ2n) is 5.83. The Morgan fingerprint density at radius 2 is 2.04 bits per heavy atom. The monoisotopic (exact) mass is 383 g/mol. The smallest absolute Gasteiger partial charge is 0.258 e. The average molecular weight is 383 g/mol. The predicted octanol–water partition coefficient (Wildman–Crippen LogP) is 4.63. The van der Waals surface area contributed by atoms with Crippen molar-refractivity contribution in [3.05, 3.63) is 65.2 Å². The Balaban J connectivity index is 1.78. The molecule has 2 heterocycles. The molecule has 3 rings (SSSR count). The molecule has 0 unspecified atom stereocenters. The Morgan fingerprint density at radius 3 is 2.78 bits per heavy atom. The number of rotatable bonds is 7. The van der Waals surface area contributed by atoms with Crippen LogP contribution in [0, 0.1) is 13.8 Å². The number of aryl methyl sites for hydroxylation is 2. The molecule has 0 spiro atoms. The molecule has 0 saturated heterocycles. The number of nitrogens with zero attached hydrogens (tertiary/aromatic N) is 2. The van der Waals surface area contributed by atoms with Crippen LogP contribution >= 0.6 is 11.8 Å². The number of amides is 1. The summed E-state index contributed by atoms with van der Waals surface area (Å²) in [5.41, 5.74) is 3.03. The number of hydrogen-bond acceptors (Lipinski definition) is 6. The number of carbonyl (C=O) groups excluding carboxylic acids is 1. The van der Waals surface area contributed by atoms with Gasteiger partial charge >= 0.3 is 0 Å². The van der Waals surface area contributed by atoms with Gasteiger partial charge in [0.25, 0.3) is 5.91 Å². The van der Waals surface area contributed by atoms with E-state index in [1.807, 2.05) is 45.0 Å². The van der Waals surface area contributed by atoms with Crippen molar-refractivity contribution in [2.75, 3.05) is 11.9 Å². The van der Waals surface area contributed by atoms with E-state index < -0.39 is 0 Å². The molecule has 7 heteroatoms. The van der Waals surface area contributed by atoms with E-state index in [9.17, 15) is 4.79 Å². The molecule has 1 N–H and O–H groups in total. The molecule has 0 aliphatic heterocycles. The highest BCUT2D eigenvalue weighted by Crippen LogP contribution is 2.29. The van der Waals surface area contributed by atoms with Gasteiger partial charge in [-0.3, -0.25) is 4.79 Å². The number of aromatic nitrogens is 2. The summed E-state index contributed by atoms with van der Waals surface area (Å²) in [4.78, 5) is 17.2. The molecule has 6 nitrogen and oxygen atoms in total. The van der Waals surface area contributed by atoms with E-state index >= 15 is 0 Å². The first kappa shape index (κ1) is 19.0. The van der Waals surface area contributed by atoms with Gasteiger partial charge in [-0.15, -0.1) is 11.8 Å². The van der Waals surface area contributed by atoms with Gasteiger partial charge in [-0.1, -0.05) is 17.3 Å². The van der Waals surface area contributed by atoms with Gasteiger partial charge in [-0.2, -0.15) is 0 Å². The fourth-order valence-electron chi connectivity index (χ4n) is 2.57. The van der Waals surface area contributed by atoms with Crippen molar-refractivity contribution < 1.29 is 14.1 Å². The van der Waals surface area contributed by atoms with Crippen molar-refractivity contribution in [3.63, 3.8) is 0 Å². The first-order chi connectivity index (χ1) is 13.1. The highest BCUT2D eigenvalue weighted by molar-refractivity contribution is 7.98. The van der Waals surface area contributed by atoms with Gasteiger partial charge < -0.3 is 14.6 Å². The lowest BCUT2D eigenvalue weighted by atomic mass is 10.2. The maximum Gasteiger partial charge on any atom is 0.258 e. The van der Waals surface area contributed by atoms with Crippen LogP contribution in [0.4, 0.5) is 5.69 Å². The lowest BCUT2D eigenvalue weighted by Crippen LogP contribution is -2.14. The Labute approximate surface area is 162 Å². The van der Waals surface area contributed by atoms with Crippen LogP contribution in [-0.4, -0.2) is 22.7 Å². The number of hydrogen-bond donors (Lipinski definition) is 1. The van der Waals surface area contributed by atoms with Crippen LogP contribution in [-0.2, 0) is 5.75 Å². The molecule has 0 aliphatic rings. The van der Waals surface area contributed by atoms with E-state index in [-0.39, 0.29) is 5.91 Å². The van der Waals surface area contributed by atoms with Crippen molar-refractivity contribution >= 4 is 23.4 Å². The van der Waals surface area contributed by atoms with E-state index in [1.165, 1.54) is 11.8 Å². The number of carbonyl (C=O) groups is 1. The molecular weight excluding hydrogens is 362 g/mol. The summed E-state index contributed by atoms with van der Waals surface area (Å²) in [6.45, 7) is 6.22. The first-order valence-corrected chi connectivity index (χ1v) is 9.61. The van der Waals surface area contributed by atoms with Gasteiger partial charge in [0.1, 0.15) is 16.5 Å². The second kappa shape index (κ2) is 8.73. The van der Waals surface area contributed by atoms with Gasteiger partial charge in [0.15, 0.2) is 0 Å². The molecule has 2 aromatic heterocycles. The zero-order valence-electron chi connectivity index (χ0n) is 15.5. The quantitative estimate of drug-likeness (QED) is 0.600. The largest absolute Gasteiger partial charge is 0.492 e. The highest BCUT2D eigenvalue weighted by atomic mass is 32.2. The topological polar surface area (TPSA) is 77.2 Å². The molecule has 0 atom stereocenters. The lowest BCUT2D eigenvalue weighted by molar-refractivity contribution is 0.102.